The molecule has 1 fully saturated rings. The molecule has 18 heavy (non-hydrogen) atoms. The van der Waals surface area contributed by atoms with Crippen molar-refractivity contribution in [2.24, 2.45) is 5.92 Å². The van der Waals surface area contributed by atoms with Crippen LogP contribution in [0.5, 0.6) is 5.75 Å². The number of halogens is 1. The summed E-state index contributed by atoms with van der Waals surface area (Å²) in [5.41, 5.74) is 2.29. The molecule has 0 radical (unpaired) electrons. The Morgan fingerprint density at radius 2 is 2.06 bits per heavy atom. The smallest absolute Gasteiger partial charge is 0.126 e. The van der Waals surface area contributed by atoms with Gasteiger partial charge in [0.05, 0.1) is 7.11 Å². The Morgan fingerprint density at radius 1 is 1.39 bits per heavy atom. The van der Waals surface area contributed by atoms with Crippen LogP contribution in [-0.2, 0) is 0 Å². The molecule has 100 valence electrons. The summed E-state index contributed by atoms with van der Waals surface area (Å²) < 4.78 is 5.58. The van der Waals surface area contributed by atoms with Crippen LogP contribution >= 0.6 is 11.6 Å². The lowest BCUT2D eigenvalue weighted by atomic mass is 9.86. The van der Waals surface area contributed by atoms with Gasteiger partial charge < -0.3 is 15.0 Å². The number of ether oxygens (including phenoxy) is 1. The summed E-state index contributed by atoms with van der Waals surface area (Å²) in [6.45, 7) is 4.15. The predicted molar refractivity (Wildman–Crippen MR) is 75.5 cm³/mol. The maximum atomic E-state index is 6.20. The zero-order valence-electron chi connectivity index (χ0n) is 11.5. The second kappa shape index (κ2) is 5.47. The first kappa shape index (κ1) is 13.7. The number of aryl methyl sites for hydroxylation is 1. The van der Waals surface area contributed by atoms with Crippen LogP contribution in [0.4, 0.5) is 0 Å². The van der Waals surface area contributed by atoms with Gasteiger partial charge in [-0.05, 0) is 38.7 Å². The highest BCUT2D eigenvalue weighted by Gasteiger charge is 2.32. The molecule has 0 saturated carbocycles. The average Bonchev–Trinajstić information content (AvgIpc) is 2.21. The summed E-state index contributed by atoms with van der Waals surface area (Å²) >= 11 is 6.20. The van der Waals surface area contributed by atoms with E-state index in [9.17, 15) is 0 Å². The Bertz CT molecular complexity index is 430. The highest BCUT2D eigenvalue weighted by molar-refractivity contribution is 6.30. The fraction of sp³-hybridized carbons (Fsp3) is 0.571. The Morgan fingerprint density at radius 3 is 2.50 bits per heavy atom. The molecule has 1 N–H and O–H groups in total. The maximum absolute atomic E-state index is 6.20. The van der Waals surface area contributed by atoms with Crippen LogP contribution in [0.2, 0.25) is 5.02 Å². The van der Waals surface area contributed by atoms with Gasteiger partial charge in [-0.25, -0.2) is 0 Å². The zero-order chi connectivity index (χ0) is 13.3. The van der Waals surface area contributed by atoms with Crippen LogP contribution in [0.15, 0.2) is 12.1 Å². The Balaban J connectivity index is 2.45. The molecule has 0 bridgehead atoms. The highest BCUT2D eigenvalue weighted by Crippen LogP contribution is 2.38. The van der Waals surface area contributed by atoms with Crippen LogP contribution in [-0.4, -0.2) is 39.2 Å². The van der Waals surface area contributed by atoms with E-state index in [-0.39, 0.29) is 0 Å². The maximum Gasteiger partial charge on any atom is 0.126 e. The van der Waals surface area contributed by atoms with E-state index in [1.165, 1.54) is 5.56 Å². The molecule has 0 aromatic heterocycles. The Labute approximate surface area is 114 Å². The number of rotatable bonds is 4. The molecule has 1 heterocycles. The van der Waals surface area contributed by atoms with Crippen LogP contribution in [0.25, 0.3) is 0 Å². The van der Waals surface area contributed by atoms with Crippen molar-refractivity contribution < 1.29 is 4.74 Å². The van der Waals surface area contributed by atoms with Gasteiger partial charge >= 0.3 is 0 Å². The molecular weight excluding hydrogens is 248 g/mol. The SMILES string of the molecule is COc1c(C)cc(Cl)cc1C(C1CNC1)N(C)C. The van der Waals surface area contributed by atoms with E-state index in [0.29, 0.717) is 12.0 Å². The predicted octanol–water partition coefficient (Wildman–Crippen LogP) is 2.48. The van der Waals surface area contributed by atoms with Crippen LogP contribution in [0.1, 0.15) is 17.2 Å². The van der Waals surface area contributed by atoms with Crippen molar-refractivity contribution in [3.05, 3.63) is 28.3 Å². The third-order valence-corrected chi connectivity index (χ3v) is 3.83. The number of hydrogen-bond donors (Lipinski definition) is 1. The van der Waals surface area contributed by atoms with Crippen LogP contribution < -0.4 is 10.1 Å². The van der Waals surface area contributed by atoms with E-state index < -0.39 is 0 Å². The molecule has 1 aromatic rings. The molecule has 2 rings (SSSR count). The summed E-state index contributed by atoms with van der Waals surface area (Å²) in [7, 11) is 5.95. The number of benzene rings is 1. The number of nitrogens with one attached hydrogen (secondary N) is 1. The molecule has 3 nitrogen and oxygen atoms in total. The molecule has 0 aliphatic carbocycles. The van der Waals surface area contributed by atoms with Crippen molar-refractivity contribution in [1.29, 1.82) is 0 Å². The summed E-state index contributed by atoms with van der Waals surface area (Å²) in [6.07, 6.45) is 0. The summed E-state index contributed by atoms with van der Waals surface area (Å²) in [5, 5.41) is 4.11. The summed E-state index contributed by atoms with van der Waals surface area (Å²) in [5.74, 6) is 1.58. The zero-order valence-corrected chi connectivity index (χ0v) is 12.2. The fourth-order valence-electron chi connectivity index (χ4n) is 2.74. The molecule has 0 spiro atoms. The molecule has 1 unspecified atom stereocenters. The van der Waals surface area contributed by atoms with Crippen molar-refractivity contribution in [1.82, 2.24) is 10.2 Å². The largest absolute Gasteiger partial charge is 0.496 e. The number of hydrogen-bond acceptors (Lipinski definition) is 3. The molecule has 1 aliphatic rings. The molecule has 1 aromatic carbocycles. The third kappa shape index (κ3) is 2.48. The van der Waals surface area contributed by atoms with Crippen molar-refractivity contribution >= 4 is 11.6 Å². The standard InChI is InChI=1S/C14H21ClN2O/c1-9-5-11(15)6-12(14(9)18-4)13(17(2)3)10-7-16-8-10/h5-6,10,13,16H,7-8H2,1-4H3. The minimum Gasteiger partial charge on any atom is -0.496 e. The van der Waals surface area contributed by atoms with Crippen molar-refractivity contribution in [2.75, 3.05) is 34.3 Å². The van der Waals surface area contributed by atoms with Gasteiger partial charge in [-0.2, -0.15) is 0 Å². The van der Waals surface area contributed by atoms with Gasteiger partial charge in [0.1, 0.15) is 5.75 Å². The van der Waals surface area contributed by atoms with Gasteiger partial charge in [0.2, 0.25) is 0 Å². The quantitative estimate of drug-likeness (QED) is 0.908. The van der Waals surface area contributed by atoms with Gasteiger partial charge in [-0.1, -0.05) is 11.6 Å². The lowest BCUT2D eigenvalue weighted by Crippen LogP contribution is -2.48. The molecule has 0 amide bonds. The van der Waals surface area contributed by atoms with E-state index in [4.69, 9.17) is 16.3 Å². The normalized spacial score (nSPS) is 17.7. The Hall–Kier alpha value is -0.770. The van der Waals surface area contributed by atoms with E-state index >= 15 is 0 Å². The number of methoxy groups -OCH3 is 1. The second-order valence-electron chi connectivity index (χ2n) is 5.17. The van der Waals surface area contributed by atoms with E-state index in [0.717, 1.165) is 29.4 Å². The fourth-order valence-corrected chi connectivity index (χ4v) is 3.02. The molecule has 1 atom stereocenters. The average molecular weight is 269 g/mol. The topological polar surface area (TPSA) is 24.5 Å². The van der Waals surface area contributed by atoms with Crippen molar-refractivity contribution in [3.63, 3.8) is 0 Å². The van der Waals surface area contributed by atoms with E-state index in [2.05, 4.69) is 24.3 Å². The summed E-state index contributed by atoms with van der Waals surface area (Å²) in [4.78, 5) is 2.25. The number of nitrogens with zero attached hydrogens (tertiary/aromatic N) is 1. The lowest BCUT2D eigenvalue weighted by molar-refractivity contribution is 0.157. The van der Waals surface area contributed by atoms with Gasteiger partial charge in [-0.3, -0.25) is 0 Å². The van der Waals surface area contributed by atoms with E-state index in [1.54, 1.807) is 7.11 Å². The van der Waals surface area contributed by atoms with E-state index in [1.807, 2.05) is 19.1 Å². The minimum absolute atomic E-state index is 0.346. The van der Waals surface area contributed by atoms with Gasteiger partial charge in [0, 0.05) is 35.6 Å². The van der Waals surface area contributed by atoms with Crippen molar-refractivity contribution in [2.45, 2.75) is 13.0 Å². The first-order valence-electron chi connectivity index (χ1n) is 6.25. The first-order valence-corrected chi connectivity index (χ1v) is 6.63. The molecular formula is C14H21ClN2O. The second-order valence-corrected chi connectivity index (χ2v) is 5.61. The molecule has 4 heteroatoms. The minimum atomic E-state index is 0.346. The summed E-state index contributed by atoms with van der Waals surface area (Å²) in [6, 6.07) is 4.34. The molecule has 1 saturated heterocycles. The van der Waals surface area contributed by atoms with Crippen LogP contribution in [0.3, 0.4) is 0 Å². The lowest BCUT2D eigenvalue weighted by Gasteiger charge is -2.39. The van der Waals surface area contributed by atoms with Gasteiger partial charge in [-0.15, -0.1) is 0 Å². The highest BCUT2D eigenvalue weighted by atomic mass is 35.5. The molecule has 1 aliphatic heterocycles. The van der Waals surface area contributed by atoms with Crippen LogP contribution in [0, 0.1) is 12.8 Å². The van der Waals surface area contributed by atoms with Gasteiger partial charge in [0.15, 0.2) is 0 Å². The Kier molecular flexibility index (Phi) is 4.15. The third-order valence-electron chi connectivity index (χ3n) is 3.61. The first-order chi connectivity index (χ1) is 8.54. The van der Waals surface area contributed by atoms with Crippen molar-refractivity contribution in [3.8, 4) is 5.75 Å². The van der Waals surface area contributed by atoms with Gasteiger partial charge in [0.25, 0.3) is 0 Å². The monoisotopic (exact) mass is 268 g/mol.